The van der Waals surface area contributed by atoms with Crippen LogP contribution in [0.4, 0.5) is 8.78 Å². The third-order valence-electron chi connectivity index (χ3n) is 2.41. The number of hydrogen-bond acceptors (Lipinski definition) is 2. The maximum absolute atomic E-state index is 12.5. The highest BCUT2D eigenvalue weighted by Gasteiger charge is 2.17. The Morgan fingerprint density at radius 3 is 2.56 bits per heavy atom. The van der Waals surface area contributed by atoms with E-state index in [1.54, 1.807) is 0 Å². The largest absolute Gasteiger partial charge is 0.294 e. The first kappa shape index (κ1) is 12.9. The summed E-state index contributed by atoms with van der Waals surface area (Å²) in [4.78, 5) is 15.4. The van der Waals surface area contributed by atoms with E-state index < -0.39 is 17.7 Å². The highest BCUT2D eigenvalue weighted by Crippen LogP contribution is 2.21. The van der Waals surface area contributed by atoms with Crippen molar-refractivity contribution in [2.75, 3.05) is 0 Å². The second kappa shape index (κ2) is 5.39. The summed E-state index contributed by atoms with van der Waals surface area (Å²) in [5, 5.41) is 0. The van der Waals surface area contributed by atoms with Gasteiger partial charge in [0.05, 0.1) is 12.9 Å². The molecule has 0 radical (unpaired) electrons. The van der Waals surface area contributed by atoms with Crippen LogP contribution in [0.3, 0.4) is 0 Å². The molecule has 0 aliphatic rings. The number of alkyl halides is 2. The summed E-state index contributed by atoms with van der Waals surface area (Å²) in [5.41, 5.74) is -0.133. The molecule has 1 heterocycles. The molecule has 0 saturated heterocycles. The van der Waals surface area contributed by atoms with Crippen molar-refractivity contribution in [2.24, 2.45) is 0 Å². The van der Waals surface area contributed by atoms with Gasteiger partial charge in [0.15, 0.2) is 0 Å². The van der Waals surface area contributed by atoms with Gasteiger partial charge in [-0.15, -0.1) is 0 Å². The normalized spacial score (nSPS) is 10.9. The lowest BCUT2D eigenvalue weighted by molar-refractivity contribution is 0.144. The van der Waals surface area contributed by atoms with E-state index >= 15 is 0 Å². The molecule has 0 atom stereocenters. The van der Waals surface area contributed by atoms with E-state index in [0.29, 0.717) is 6.54 Å². The van der Waals surface area contributed by atoms with Gasteiger partial charge < -0.3 is 0 Å². The molecule has 94 valence electrons. The first-order valence-electron chi connectivity index (χ1n) is 5.16. The number of halogens is 3. The topological polar surface area (TPSA) is 34.9 Å². The van der Waals surface area contributed by atoms with Gasteiger partial charge in [0.1, 0.15) is 10.2 Å². The van der Waals surface area contributed by atoms with Crippen molar-refractivity contribution in [1.82, 2.24) is 9.55 Å². The second-order valence-corrected chi connectivity index (χ2v) is 4.46. The first-order valence-corrected chi connectivity index (χ1v) is 5.96. The van der Waals surface area contributed by atoms with Gasteiger partial charge in [-0.25, -0.2) is 13.8 Å². The lowest BCUT2D eigenvalue weighted by Crippen LogP contribution is -2.23. The molecule has 0 bridgehead atoms. The van der Waals surface area contributed by atoms with E-state index in [9.17, 15) is 13.6 Å². The summed E-state index contributed by atoms with van der Waals surface area (Å²) in [5.74, 6) is 0. The van der Waals surface area contributed by atoms with Crippen LogP contribution >= 0.6 is 15.9 Å². The Kier molecular flexibility index (Phi) is 3.86. The summed E-state index contributed by atoms with van der Waals surface area (Å²) in [6.07, 6.45) is -1.62. The Balaban J connectivity index is 2.37. The van der Waals surface area contributed by atoms with Crippen molar-refractivity contribution in [2.45, 2.75) is 13.0 Å². The highest BCUT2D eigenvalue weighted by molar-refractivity contribution is 9.10. The average molecular weight is 315 g/mol. The fraction of sp³-hybridized carbons (Fsp3) is 0.167. The maximum atomic E-state index is 12.5. The molecule has 1 aromatic carbocycles. The zero-order chi connectivity index (χ0) is 13.1. The lowest BCUT2D eigenvalue weighted by Gasteiger charge is -2.08. The van der Waals surface area contributed by atoms with Crippen LogP contribution in [0.5, 0.6) is 0 Å². The molecule has 6 heteroatoms. The average Bonchev–Trinajstić information content (AvgIpc) is 2.36. The Bertz CT molecular complexity index is 599. The van der Waals surface area contributed by atoms with Crippen molar-refractivity contribution in [3.8, 4) is 0 Å². The van der Waals surface area contributed by atoms with E-state index in [1.165, 1.54) is 4.57 Å². The van der Waals surface area contributed by atoms with Crippen LogP contribution in [0.2, 0.25) is 0 Å². The van der Waals surface area contributed by atoms with E-state index in [0.717, 1.165) is 11.9 Å². The molecular formula is C12H9BrF2N2O. The van der Waals surface area contributed by atoms with Crippen molar-refractivity contribution in [3.63, 3.8) is 0 Å². The maximum Gasteiger partial charge on any atom is 0.281 e. The number of hydrogen-bond donors (Lipinski definition) is 0. The number of benzene rings is 1. The second-order valence-electron chi connectivity index (χ2n) is 3.66. The number of nitrogens with zero attached hydrogens (tertiary/aromatic N) is 2. The predicted octanol–water partition coefficient (Wildman–Crippen LogP) is 2.99. The Morgan fingerprint density at radius 2 is 1.94 bits per heavy atom. The Labute approximate surface area is 110 Å². The van der Waals surface area contributed by atoms with Gasteiger partial charge in [0.25, 0.3) is 12.0 Å². The minimum Gasteiger partial charge on any atom is -0.294 e. The molecule has 18 heavy (non-hydrogen) atoms. The summed E-state index contributed by atoms with van der Waals surface area (Å²) in [7, 11) is 0. The van der Waals surface area contributed by atoms with Gasteiger partial charge in [-0.3, -0.25) is 9.36 Å². The van der Waals surface area contributed by atoms with E-state index in [4.69, 9.17) is 0 Å². The Morgan fingerprint density at radius 1 is 1.28 bits per heavy atom. The molecule has 2 rings (SSSR count). The van der Waals surface area contributed by atoms with Crippen LogP contribution in [0.1, 0.15) is 17.7 Å². The summed E-state index contributed by atoms with van der Waals surface area (Å²) >= 11 is 2.87. The molecule has 2 aromatic rings. The van der Waals surface area contributed by atoms with Crippen LogP contribution in [0.15, 0.2) is 45.9 Å². The van der Waals surface area contributed by atoms with Crippen LogP contribution in [0, 0.1) is 0 Å². The first-order chi connectivity index (χ1) is 8.59. The molecule has 0 amide bonds. The van der Waals surface area contributed by atoms with Gasteiger partial charge in [0.2, 0.25) is 0 Å². The molecule has 0 fully saturated rings. The van der Waals surface area contributed by atoms with E-state index in [-0.39, 0.29) is 4.47 Å². The zero-order valence-corrected chi connectivity index (χ0v) is 10.8. The monoisotopic (exact) mass is 314 g/mol. The van der Waals surface area contributed by atoms with Crippen molar-refractivity contribution in [1.29, 1.82) is 0 Å². The van der Waals surface area contributed by atoms with Crippen LogP contribution in [0.25, 0.3) is 0 Å². The third-order valence-corrected chi connectivity index (χ3v) is 3.16. The molecule has 0 aliphatic carbocycles. The minimum absolute atomic E-state index is 0.184. The Hall–Kier alpha value is -1.56. The molecule has 0 aliphatic heterocycles. The SMILES string of the molecule is O=c1c(Br)c(C(F)F)ncn1Cc1ccccc1. The molecular weight excluding hydrogens is 306 g/mol. The van der Waals surface area contributed by atoms with E-state index in [2.05, 4.69) is 20.9 Å². The molecule has 0 unspecified atom stereocenters. The zero-order valence-electron chi connectivity index (χ0n) is 9.19. The van der Waals surface area contributed by atoms with Crippen molar-refractivity contribution < 1.29 is 8.78 Å². The van der Waals surface area contributed by atoms with Gasteiger partial charge in [-0.05, 0) is 21.5 Å². The smallest absolute Gasteiger partial charge is 0.281 e. The van der Waals surface area contributed by atoms with Gasteiger partial charge in [-0.2, -0.15) is 0 Å². The number of aromatic nitrogens is 2. The van der Waals surface area contributed by atoms with Gasteiger partial charge >= 0.3 is 0 Å². The van der Waals surface area contributed by atoms with Crippen molar-refractivity contribution >= 4 is 15.9 Å². The van der Waals surface area contributed by atoms with Crippen LogP contribution in [-0.4, -0.2) is 9.55 Å². The number of rotatable bonds is 3. The highest BCUT2D eigenvalue weighted by atomic mass is 79.9. The molecule has 1 aromatic heterocycles. The molecule has 0 N–H and O–H groups in total. The van der Waals surface area contributed by atoms with Gasteiger partial charge in [-0.1, -0.05) is 30.3 Å². The summed E-state index contributed by atoms with van der Waals surface area (Å²) < 4.78 is 26.2. The fourth-order valence-corrected chi connectivity index (χ4v) is 2.02. The standard InChI is InChI=1S/C12H9BrF2N2O/c13-9-10(11(14)15)16-7-17(12(9)18)6-8-4-2-1-3-5-8/h1-5,7,11H,6H2. The predicted molar refractivity (Wildman–Crippen MR) is 66.7 cm³/mol. The van der Waals surface area contributed by atoms with Gasteiger partial charge in [0, 0.05) is 0 Å². The minimum atomic E-state index is -2.77. The van der Waals surface area contributed by atoms with Crippen molar-refractivity contribution in [3.05, 3.63) is 62.7 Å². The quantitative estimate of drug-likeness (QED) is 0.873. The fourth-order valence-electron chi connectivity index (χ4n) is 1.52. The van der Waals surface area contributed by atoms with E-state index in [1.807, 2.05) is 30.3 Å². The van der Waals surface area contributed by atoms with Crippen LogP contribution < -0.4 is 5.56 Å². The summed E-state index contributed by atoms with van der Waals surface area (Å²) in [6, 6.07) is 9.25. The lowest BCUT2D eigenvalue weighted by atomic mass is 10.2. The molecule has 3 nitrogen and oxygen atoms in total. The summed E-state index contributed by atoms with van der Waals surface area (Å²) in [6.45, 7) is 0.300. The van der Waals surface area contributed by atoms with Crippen LogP contribution in [-0.2, 0) is 6.54 Å². The molecule has 0 saturated carbocycles. The third kappa shape index (κ3) is 2.64. The molecule has 0 spiro atoms.